The lowest BCUT2D eigenvalue weighted by Crippen LogP contribution is -2.45. The molecule has 1 saturated heterocycles. The van der Waals surface area contributed by atoms with E-state index in [0.717, 1.165) is 5.56 Å². The molecule has 5 nitrogen and oxygen atoms in total. The zero-order valence-electron chi connectivity index (χ0n) is 17.0. The first kappa shape index (κ1) is 21.8. The lowest BCUT2D eigenvalue weighted by atomic mass is 9.97. The number of carbonyl (C=O) groups is 1. The van der Waals surface area contributed by atoms with Gasteiger partial charge in [0.1, 0.15) is 0 Å². The third-order valence-corrected chi connectivity index (χ3v) is 7.73. The fourth-order valence-electron chi connectivity index (χ4n) is 3.58. The van der Waals surface area contributed by atoms with Crippen molar-refractivity contribution in [1.29, 1.82) is 0 Å². The van der Waals surface area contributed by atoms with Crippen LogP contribution in [-0.2, 0) is 14.8 Å². The molecule has 0 bridgehead atoms. The molecule has 1 aliphatic heterocycles. The van der Waals surface area contributed by atoms with Crippen molar-refractivity contribution in [2.45, 2.75) is 44.6 Å². The summed E-state index contributed by atoms with van der Waals surface area (Å²) < 4.78 is 27.3. The molecule has 1 N–H and O–H groups in total. The highest BCUT2D eigenvalue weighted by molar-refractivity contribution is 7.89. The van der Waals surface area contributed by atoms with Gasteiger partial charge in [0, 0.05) is 18.1 Å². The number of piperidine rings is 1. The number of halogens is 1. The van der Waals surface area contributed by atoms with E-state index in [1.54, 1.807) is 12.1 Å². The number of hydrogen-bond donors (Lipinski definition) is 1. The lowest BCUT2D eigenvalue weighted by molar-refractivity contribution is -0.126. The van der Waals surface area contributed by atoms with Crippen molar-refractivity contribution in [2.75, 3.05) is 13.1 Å². The van der Waals surface area contributed by atoms with Gasteiger partial charge in [0.2, 0.25) is 15.9 Å². The summed E-state index contributed by atoms with van der Waals surface area (Å²) in [6.45, 7) is 6.67. The molecule has 2 aromatic rings. The highest BCUT2D eigenvalue weighted by atomic mass is 35.5. The van der Waals surface area contributed by atoms with Crippen LogP contribution in [0.25, 0.3) is 0 Å². The third-order valence-electron chi connectivity index (χ3n) is 5.60. The molecule has 0 radical (unpaired) electrons. The van der Waals surface area contributed by atoms with Gasteiger partial charge in [-0.3, -0.25) is 4.79 Å². The average molecular weight is 435 g/mol. The molecule has 3 rings (SSSR count). The number of nitrogens with zero attached hydrogens (tertiary/aromatic N) is 1. The smallest absolute Gasteiger partial charge is 0.243 e. The molecule has 0 saturated carbocycles. The Kier molecular flexibility index (Phi) is 6.66. The fourth-order valence-corrected chi connectivity index (χ4v) is 5.23. The molecule has 0 unspecified atom stereocenters. The highest BCUT2D eigenvalue weighted by Crippen LogP contribution is 2.26. The Hall–Kier alpha value is -1.89. The maximum absolute atomic E-state index is 12.9. The van der Waals surface area contributed by atoms with E-state index in [0.29, 0.717) is 24.4 Å². The van der Waals surface area contributed by atoms with E-state index in [4.69, 9.17) is 11.6 Å². The molecule has 1 heterocycles. The van der Waals surface area contributed by atoms with Crippen LogP contribution in [-0.4, -0.2) is 31.7 Å². The van der Waals surface area contributed by atoms with Crippen LogP contribution in [0.2, 0.25) is 5.02 Å². The van der Waals surface area contributed by atoms with Crippen molar-refractivity contribution in [3.8, 4) is 0 Å². The molecule has 0 spiro atoms. The fraction of sp³-hybridized carbons (Fsp3) is 0.409. The second kappa shape index (κ2) is 8.86. The van der Waals surface area contributed by atoms with Crippen LogP contribution in [0.15, 0.2) is 47.4 Å². The van der Waals surface area contributed by atoms with Crippen LogP contribution < -0.4 is 5.32 Å². The Morgan fingerprint density at radius 2 is 1.83 bits per heavy atom. The van der Waals surface area contributed by atoms with Gasteiger partial charge in [-0.1, -0.05) is 29.8 Å². The molecule has 1 amide bonds. The Morgan fingerprint density at radius 3 is 2.48 bits per heavy atom. The summed E-state index contributed by atoms with van der Waals surface area (Å²) in [6, 6.07) is 12.1. The van der Waals surface area contributed by atoms with Gasteiger partial charge in [0.25, 0.3) is 0 Å². The van der Waals surface area contributed by atoms with E-state index < -0.39 is 10.0 Å². The zero-order chi connectivity index (χ0) is 21.2. The minimum atomic E-state index is -3.64. The summed E-state index contributed by atoms with van der Waals surface area (Å²) in [5.74, 6) is -0.466. The number of amides is 1. The van der Waals surface area contributed by atoms with E-state index in [1.165, 1.54) is 27.6 Å². The van der Waals surface area contributed by atoms with Gasteiger partial charge >= 0.3 is 0 Å². The van der Waals surface area contributed by atoms with E-state index in [9.17, 15) is 13.2 Å². The summed E-state index contributed by atoms with van der Waals surface area (Å²) in [5.41, 5.74) is 3.44. The zero-order valence-corrected chi connectivity index (χ0v) is 18.6. The first-order valence-electron chi connectivity index (χ1n) is 9.81. The van der Waals surface area contributed by atoms with Crippen molar-refractivity contribution in [3.05, 3.63) is 64.2 Å². The largest absolute Gasteiger partial charge is 0.349 e. The van der Waals surface area contributed by atoms with Crippen LogP contribution in [0.5, 0.6) is 0 Å². The van der Waals surface area contributed by atoms with Gasteiger partial charge in [0.15, 0.2) is 0 Å². The number of hydrogen-bond acceptors (Lipinski definition) is 3. The van der Waals surface area contributed by atoms with Crippen LogP contribution >= 0.6 is 11.6 Å². The van der Waals surface area contributed by atoms with E-state index in [2.05, 4.69) is 18.3 Å². The molecule has 2 atom stereocenters. The van der Waals surface area contributed by atoms with Gasteiger partial charge in [0.05, 0.1) is 16.9 Å². The Balaban J connectivity index is 1.68. The molecule has 29 heavy (non-hydrogen) atoms. The molecule has 0 aliphatic carbocycles. The van der Waals surface area contributed by atoms with Crippen molar-refractivity contribution in [3.63, 3.8) is 0 Å². The number of carbonyl (C=O) groups excluding carboxylic acids is 1. The standard InChI is InChI=1S/C22H27ClN2O3S/c1-15-6-7-18(13-16(15)2)17(3)24-22(26)19-5-4-12-25(14-19)29(27,28)21-10-8-20(23)9-11-21/h6-11,13,17,19H,4-5,12,14H2,1-3H3,(H,24,26)/t17-,19+/m1/s1. The Bertz CT molecular complexity index is 990. The topological polar surface area (TPSA) is 66.5 Å². The number of nitrogens with one attached hydrogen (secondary N) is 1. The summed E-state index contributed by atoms with van der Waals surface area (Å²) in [4.78, 5) is 13.0. The summed E-state index contributed by atoms with van der Waals surface area (Å²) in [5, 5.41) is 3.54. The van der Waals surface area contributed by atoms with Crippen LogP contribution in [0.1, 0.15) is 42.5 Å². The third kappa shape index (κ3) is 5.00. The Morgan fingerprint density at radius 1 is 1.14 bits per heavy atom. The highest BCUT2D eigenvalue weighted by Gasteiger charge is 2.33. The maximum Gasteiger partial charge on any atom is 0.243 e. The lowest BCUT2D eigenvalue weighted by Gasteiger charge is -2.32. The average Bonchev–Trinajstić information content (AvgIpc) is 2.70. The van der Waals surface area contributed by atoms with Crippen molar-refractivity contribution >= 4 is 27.5 Å². The molecule has 0 aromatic heterocycles. The van der Waals surface area contributed by atoms with Gasteiger partial charge < -0.3 is 5.32 Å². The van der Waals surface area contributed by atoms with Crippen LogP contribution in [0, 0.1) is 19.8 Å². The summed E-state index contributed by atoms with van der Waals surface area (Å²) in [7, 11) is -3.64. The van der Waals surface area contributed by atoms with Crippen molar-refractivity contribution in [1.82, 2.24) is 9.62 Å². The normalized spacial score (nSPS) is 19.0. The molecule has 1 aliphatic rings. The quantitative estimate of drug-likeness (QED) is 0.765. The van der Waals surface area contributed by atoms with Crippen LogP contribution in [0.3, 0.4) is 0 Å². The van der Waals surface area contributed by atoms with Crippen molar-refractivity contribution in [2.24, 2.45) is 5.92 Å². The van der Waals surface area contributed by atoms with Gasteiger partial charge in [-0.15, -0.1) is 0 Å². The van der Waals surface area contributed by atoms with E-state index in [1.807, 2.05) is 26.0 Å². The number of rotatable bonds is 5. The molecule has 2 aromatic carbocycles. The second-order valence-corrected chi connectivity index (χ2v) is 10.1. The summed E-state index contributed by atoms with van der Waals surface area (Å²) in [6.07, 6.45) is 1.33. The van der Waals surface area contributed by atoms with Gasteiger partial charge in [-0.25, -0.2) is 8.42 Å². The maximum atomic E-state index is 12.9. The molecular formula is C22H27ClN2O3S. The molecule has 156 valence electrons. The van der Waals surface area contributed by atoms with E-state index in [-0.39, 0.29) is 29.3 Å². The Labute approximate surface area is 178 Å². The first-order chi connectivity index (χ1) is 13.7. The second-order valence-electron chi connectivity index (χ2n) is 7.73. The predicted molar refractivity (Wildman–Crippen MR) is 115 cm³/mol. The SMILES string of the molecule is Cc1ccc([C@@H](C)NC(=O)[C@H]2CCCN(S(=O)(=O)c3ccc(Cl)cc3)C2)cc1C. The predicted octanol–water partition coefficient (Wildman–Crippen LogP) is 4.23. The minimum absolute atomic E-state index is 0.105. The van der Waals surface area contributed by atoms with Crippen LogP contribution in [0.4, 0.5) is 0 Å². The summed E-state index contributed by atoms with van der Waals surface area (Å²) >= 11 is 5.87. The monoisotopic (exact) mass is 434 g/mol. The van der Waals surface area contributed by atoms with Crippen molar-refractivity contribution < 1.29 is 13.2 Å². The minimum Gasteiger partial charge on any atom is -0.349 e. The van der Waals surface area contributed by atoms with E-state index >= 15 is 0 Å². The molecule has 1 fully saturated rings. The number of sulfonamides is 1. The number of benzene rings is 2. The first-order valence-corrected chi connectivity index (χ1v) is 11.6. The molecular weight excluding hydrogens is 408 g/mol. The number of aryl methyl sites for hydroxylation is 2. The molecule has 7 heteroatoms. The van der Waals surface area contributed by atoms with Gasteiger partial charge in [-0.05, 0) is 74.6 Å². The van der Waals surface area contributed by atoms with Gasteiger partial charge in [-0.2, -0.15) is 4.31 Å².